The minimum atomic E-state index is -0.104. The van der Waals surface area contributed by atoms with Gasteiger partial charge in [-0.2, -0.15) is 0 Å². The summed E-state index contributed by atoms with van der Waals surface area (Å²) in [7, 11) is 0. The topological polar surface area (TPSA) is 16.4 Å². The van der Waals surface area contributed by atoms with Crippen LogP contribution in [0.25, 0.3) is 66.1 Å². The molecular formula is C49H35NO. The molecule has 1 aliphatic carbocycles. The van der Waals surface area contributed by atoms with Crippen LogP contribution in [0.1, 0.15) is 25.0 Å². The second-order valence-electron chi connectivity index (χ2n) is 14.1. The first-order valence-electron chi connectivity index (χ1n) is 17.7. The molecule has 1 aliphatic rings. The fourth-order valence-electron chi connectivity index (χ4n) is 8.37. The molecule has 0 bridgehead atoms. The number of hydrogen-bond donors (Lipinski definition) is 0. The average molecular weight is 654 g/mol. The lowest BCUT2D eigenvalue weighted by atomic mass is 9.82. The zero-order valence-corrected chi connectivity index (χ0v) is 28.6. The first-order valence-corrected chi connectivity index (χ1v) is 17.7. The monoisotopic (exact) mass is 653 g/mol. The average Bonchev–Trinajstić information content (AvgIpc) is 3.68. The summed E-state index contributed by atoms with van der Waals surface area (Å²) in [6, 6.07) is 63.6. The summed E-state index contributed by atoms with van der Waals surface area (Å²) in [6.07, 6.45) is 0. The van der Waals surface area contributed by atoms with Crippen molar-refractivity contribution in [2.45, 2.75) is 19.3 Å². The SMILES string of the molecule is CC1(C)c2ccccc2-c2ccc(N(c3ccc(-c4cccc5ccc6c7ccccc7oc6c45)cc3)c3ccccc3-c3ccccc3)cc21. The lowest BCUT2D eigenvalue weighted by molar-refractivity contribution is 0.660. The van der Waals surface area contributed by atoms with Crippen molar-refractivity contribution in [2.24, 2.45) is 0 Å². The van der Waals surface area contributed by atoms with Gasteiger partial charge in [0.25, 0.3) is 0 Å². The molecule has 8 aromatic carbocycles. The Labute approximate surface area is 297 Å². The van der Waals surface area contributed by atoms with Gasteiger partial charge in [-0.15, -0.1) is 0 Å². The fraction of sp³-hybridized carbons (Fsp3) is 0.0612. The van der Waals surface area contributed by atoms with Crippen molar-refractivity contribution in [1.29, 1.82) is 0 Å². The van der Waals surface area contributed by atoms with Crippen LogP contribution in [0.4, 0.5) is 17.1 Å². The first-order chi connectivity index (χ1) is 25.1. The molecule has 2 nitrogen and oxygen atoms in total. The van der Waals surface area contributed by atoms with E-state index in [1.807, 2.05) is 6.07 Å². The van der Waals surface area contributed by atoms with Gasteiger partial charge >= 0.3 is 0 Å². The molecule has 0 amide bonds. The summed E-state index contributed by atoms with van der Waals surface area (Å²) in [6.45, 7) is 4.70. The number of anilines is 3. The van der Waals surface area contributed by atoms with Crippen molar-refractivity contribution in [3.63, 3.8) is 0 Å². The number of fused-ring (bicyclic) bond motifs is 8. The molecule has 0 saturated carbocycles. The molecule has 10 rings (SSSR count). The van der Waals surface area contributed by atoms with Gasteiger partial charge in [0.05, 0.1) is 5.69 Å². The van der Waals surface area contributed by atoms with Gasteiger partial charge in [0.2, 0.25) is 0 Å². The van der Waals surface area contributed by atoms with Crippen LogP contribution in [0.5, 0.6) is 0 Å². The van der Waals surface area contributed by atoms with Crippen LogP contribution in [-0.4, -0.2) is 0 Å². The highest BCUT2D eigenvalue weighted by Crippen LogP contribution is 2.51. The van der Waals surface area contributed by atoms with Gasteiger partial charge < -0.3 is 9.32 Å². The molecule has 0 unspecified atom stereocenters. The van der Waals surface area contributed by atoms with Crippen molar-refractivity contribution in [3.05, 3.63) is 187 Å². The second-order valence-corrected chi connectivity index (χ2v) is 14.1. The van der Waals surface area contributed by atoms with Gasteiger partial charge in [0.15, 0.2) is 0 Å². The third kappa shape index (κ3) is 4.57. The maximum absolute atomic E-state index is 6.53. The highest BCUT2D eigenvalue weighted by molar-refractivity contribution is 6.19. The number of furan rings is 1. The standard InChI is InChI=1S/C49H35NO/c1-49(2)43-20-9-6-17-39(43)40-30-28-36(31-44(40)49)50(45-21-10-7-16-37(45)32-13-4-3-5-14-32)35-26-23-33(24-27-35)38-19-12-15-34-25-29-42-41-18-8-11-22-46(41)51-48(42)47(34)38/h3-31H,1-2H3. The van der Waals surface area contributed by atoms with E-state index in [0.29, 0.717) is 0 Å². The van der Waals surface area contributed by atoms with Crippen LogP contribution >= 0.6 is 0 Å². The maximum atomic E-state index is 6.53. The molecule has 0 spiro atoms. The summed E-state index contributed by atoms with van der Waals surface area (Å²) in [5.74, 6) is 0. The van der Waals surface area contributed by atoms with Crippen LogP contribution < -0.4 is 4.90 Å². The highest BCUT2D eigenvalue weighted by atomic mass is 16.3. The molecule has 0 saturated heterocycles. The molecule has 0 N–H and O–H groups in total. The van der Waals surface area contributed by atoms with Crippen molar-refractivity contribution in [2.75, 3.05) is 4.90 Å². The Bertz CT molecular complexity index is 2770. The zero-order chi connectivity index (χ0) is 34.1. The Balaban J connectivity index is 1.15. The molecule has 9 aromatic rings. The smallest absolute Gasteiger partial charge is 0.143 e. The van der Waals surface area contributed by atoms with Gasteiger partial charge in [0.1, 0.15) is 11.2 Å². The normalized spacial score (nSPS) is 13.1. The van der Waals surface area contributed by atoms with Crippen molar-refractivity contribution in [3.8, 4) is 33.4 Å². The van der Waals surface area contributed by atoms with E-state index >= 15 is 0 Å². The summed E-state index contributed by atoms with van der Waals surface area (Å²) < 4.78 is 6.53. The summed E-state index contributed by atoms with van der Waals surface area (Å²) in [5.41, 5.74) is 15.2. The summed E-state index contributed by atoms with van der Waals surface area (Å²) in [4.78, 5) is 2.42. The number of nitrogens with zero attached hydrogens (tertiary/aromatic N) is 1. The Morgan fingerprint density at radius 1 is 0.451 bits per heavy atom. The molecule has 242 valence electrons. The van der Waals surface area contributed by atoms with E-state index in [9.17, 15) is 0 Å². The Hall–Kier alpha value is -6.38. The van der Waals surface area contributed by atoms with E-state index in [-0.39, 0.29) is 5.41 Å². The maximum Gasteiger partial charge on any atom is 0.143 e. The number of rotatable bonds is 5. The first kappa shape index (κ1) is 29.5. The molecule has 1 aromatic heterocycles. The van der Waals surface area contributed by atoms with Crippen molar-refractivity contribution >= 4 is 49.8 Å². The predicted octanol–water partition coefficient (Wildman–Crippen LogP) is 13.8. The zero-order valence-electron chi connectivity index (χ0n) is 28.6. The number of benzene rings is 8. The molecule has 0 aliphatic heterocycles. The molecule has 0 fully saturated rings. The van der Waals surface area contributed by atoms with Gasteiger partial charge in [-0.1, -0.05) is 147 Å². The lowest BCUT2D eigenvalue weighted by Gasteiger charge is -2.30. The van der Waals surface area contributed by atoms with Crippen molar-refractivity contribution in [1.82, 2.24) is 0 Å². The van der Waals surface area contributed by atoms with Crippen LogP contribution in [0.15, 0.2) is 180 Å². The summed E-state index contributed by atoms with van der Waals surface area (Å²) in [5, 5.41) is 4.61. The molecule has 51 heavy (non-hydrogen) atoms. The molecule has 0 radical (unpaired) electrons. The fourth-order valence-corrected chi connectivity index (χ4v) is 8.37. The van der Waals surface area contributed by atoms with Crippen LogP contribution in [-0.2, 0) is 5.41 Å². The molecular weight excluding hydrogens is 619 g/mol. The van der Waals surface area contributed by atoms with E-state index in [2.05, 4.69) is 189 Å². The lowest BCUT2D eigenvalue weighted by Crippen LogP contribution is -2.16. The van der Waals surface area contributed by atoms with E-state index < -0.39 is 0 Å². The Morgan fingerprint density at radius 3 is 1.98 bits per heavy atom. The Kier molecular flexibility index (Phi) is 6.56. The van der Waals surface area contributed by atoms with Crippen LogP contribution in [0, 0.1) is 0 Å². The van der Waals surface area contributed by atoms with Crippen LogP contribution in [0.3, 0.4) is 0 Å². The van der Waals surface area contributed by atoms with E-state index in [0.717, 1.165) is 55.5 Å². The highest BCUT2D eigenvalue weighted by Gasteiger charge is 2.35. The quantitative estimate of drug-likeness (QED) is 0.184. The van der Waals surface area contributed by atoms with Gasteiger partial charge in [0, 0.05) is 38.5 Å². The minimum Gasteiger partial charge on any atom is -0.455 e. The van der Waals surface area contributed by atoms with E-state index in [4.69, 9.17) is 4.42 Å². The van der Waals surface area contributed by atoms with Gasteiger partial charge in [-0.3, -0.25) is 0 Å². The minimum absolute atomic E-state index is 0.104. The third-order valence-corrected chi connectivity index (χ3v) is 10.9. The summed E-state index contributed by atoms with van der Waals surface area (Å²) >= 11 is 0. The second kappa shape index (κ2) is 11.3. The largest absolute Gasteiger partial charge is 0.455 e. The third-order valence-electron chi connectivity index (χ3n) is 10.9. The van der Waals surface area contributed by atoms with Crippen molar-refractivity contribution < 1.29 is 4.42 Å². The number of hydrogen-bond acceptors (Lipinski definition) is 2. The van der Waals surface area contributed by atoms with Gasteiger partial charge in [-0.25, -0.2) is 0 Å². The molecule has 0 atom stereocenters. The van der Waals surface area contributed by atoms with E-state index in [1.54, 1.807) is 0 Å². The van der Waals surface area contributed by atoms with Gasteiger partial charge in [-0.05, 0) is 86.8 Å². The van der Waals surface area contributed by atoms with Crippen LogP contribution in [0.2, 0.25) is 0 Å². The number of para-hydroxylation sites is 2. The predicted molar refractivity (Wildman–Crippen MR) is 214 cm³/mol. The molecule has 1 heterocycles. The molecule has 2 heteroatoms. The Morgan fingerprint density at radius 2 is 1.12 bits per heavy atom. The van der Waals surface area contributed by atoms with E-state index in [1.165, 1.54) is 38.8 Å².